The first kappa shape index (κ1) is 24.5. The number of thiazole rings is 1. The number of carboxylic acid groups (broad SMARTS) is 1. The van der Waals surface area contributed by atoms with Crippen molar-refractivity contribution in [2.24, 2.45) is 0 Å². The molecule has 1 atom stereocenters. The first-order valence-electron chi connectivity index (χ1n) is 9.32. The summed E-state index contributed by atoms with van der Waals surface area (Å²) in [6.45, 7) is 6.70. The lowest BCUT2D eigenvalue weighted by Crippen LogP contribution is -2.36. The molecule has 1 aromatic carbocycles. The number of alkyl halides is 3. The average molecular weight is 500 g/mol. The second-order valence-corrected chi connectivity index (χ2v) is 10.6. The van der Waals surface area contributed by atoms with Gasteiger partial charge in [0.05, 0.1) is 5.60 Å². The molecule has 178 valence electrons. The molecule has 2 heterocycles. The Bertz CT molecular complexity index is 1170. The van der Waals surface area contributed by atoms with Gasteiger partial charge in [0.15, 0.2) is 22.8 Å². The third kappa shape index (κ3) is 4.48. The number of anilines is 1. The number of rotatable bonds is 6. The van der Waals surface area contributed by atoms with Crippen molar-refractivity contribution in [3.05, 3.63) is 16.9 Å². The zero-order valence-electron chi connectivity index (χ0n) is 17.4. The van der Waals surface area contributed by atoms with Gasteiger partial charge in [-0.05, 0) is 39.7 Å². The number of halogens is 4. The molecule has 0 aliphatic carbocycles. The SMILES string of the molecule is Cc1c(C(OC(C)(C)C)C(=O)O)c(OS(=O)(=O)C(F)(F)F)c2sc(N3CCC3)nc2c1F. The molecule has 8 nitrogen and oxygen atoms in total. The monoisotopic (exact) mass is 500 g/mol. The van der Waals surface area contributed by atoms with Crippen LogP contribution in [0, 0.1) is 12.7 Å². The van der Waals surface area contributed by atoms with E-state index in [2.05, 4.69) is 9.17 Å². The molecule has 0 radical (unpaired) electrons. The molecule has 0 saturated carbocycles. The summed E-state index contributed by atoms with van der Waals surface area (Å²) in [4.78, 5) is 17.8. The van der Waals surface area contributed by atoms with Crippen LogP contribution in [0.5, 0.6) is 5.75 Å². The Hall–Kier alpha value is -2.19. The lowest BCUT2D eigenvalue weighted by Gasteiger charge is -2.30. The van der Waals surface area contributed by atoms with E-state index in [1.54, 1.807) is 4.90 Å². The lowest BCUT2D eigenvalue weighted by molar-refractivity contribution is -0.160. The quantitative estimate of drug-likeness (QED) is 0.359. The van der Waals surface area contributed by atoms with Gasteiger partial charge in [0.25, 0.3) is 0 Å². The van der Waals surface area contributed by atoms with Crippen molar-refractivity contribution >= 4 is 42.8 Å². The van der Waals surface area contributed by atoms with Gasteiger partial charge in [-0.3, -0.25) is 0 Å². The molecule has 0 spiro atoms. The predicted molar refractivity (Wildman–Crippen MR) is 108 cm³/mol. The minimum atomic E-state index is -6.21. The van der Waals surface area contributed by atoms with E-state index in [1.165, 1.54) is 20.8 Å². The minimum Gasteiger partial charge on any atom is -0.479 e. The zero-order valence-corrected chi connectivity index (χ0v) is 19.0. The number of aliphatic carboxylic acids is 1. The largest absolute Gasteiger partial charge is 0.534 e. The summed E-state index contributed by atoms with van der Waals surface area (Å²) in [5.74, 6) is -3.63. The summed E-state index contributed by atoms with van der Waals surface area (Å²) < 4.78 is 87.7. The average Bonchev–Trinajstić information content (AvgIpc) is 2.99. The van der Waals surface area contributed by atoms with E-state index in [0.29, 0.717) is 24.4 Å². The molecule has 1 fully saturated rings. The van der Waals surface area contributed by atoms with Crippen molar-refractivity contribution in [3.63, 3.8) is 0 Å². The standard InChI is InChI=1S/C18H20F4N2O6S2/c1-8-9(13(15(25)26)29-17(2,3)4)12(30-32(27,28)18(20,21)22)14-11(10(8)19)23-16(31-14)24-6-5-7-24/h13H,5-7H2,1-4H3,(H,25,26). The van der Waals surface area contributed by atoms with Crippen LogP contribution in [0.25, 0.3) is 10.2 Å². The topological polar surface area (TPSA) is 106 Å². The van der Waals surface area contributed by atoms with Crippen molar-refractivity contribution in [3.8, 4) is 5.75 Å². The van der Waals surface area contributed by atoms with E-state index in [0.717, 1.165) is 13.3 Å². The van der Waals surface area contributed by atoms with Crippen LogP contribution in [-0.4, -0.2) is 48.7 Å². The summed E-state index contributed by atoms with van der Waals surface area (Å²) in [5.41, 5.74) is -8.44. The fourth-order valence-corrected chi connectivity index (χ4v) is 4.63. The molecule has 1 saturated heterocycles. The number of carboxylic acids is 1. The number of fused-ring (bicyclic) bond motifs is 1. The van der Waals surface area contributed by atoms with Crippen LogP contribution < -0.4 is 9.08 Å². The van der Waals surface area contributed by atoms with Crippen LogP contribution in [0.4, 0.5) is 22.7 Å². The van der Waals surface area contributed by atoms with Gasteiger partial charge in [-0.25, -0.2) is 14.2 Å². The minimum absolute atomic E-state index is 0.250. The number of hydrogen-bond donors (Lipinski definition) is 1. The lowest BCUT2D eigenvalue weighted by atomic mass is 9.99. The molecule has 1 N–H and O–H groups in total. The van der Waals surface area contributed by atoms with Crippen LogP contribution in [0.1, 0.15) is 44.4 Å². The molecule has 0 amide bonds. The fourth-order valence-electron chi connectivity index (χ4n) is 2.98. The van der Waals surface area contributed by atoms with Crippen molar-refractivity contribution in [2.75, 3.05) is 18.0 Å². The smallest absolute Gasteiger partial charge is 0.479 e. The highest BCUT2D eigenvalue weighted by atomic mass is 32.2. The molecule has 2 aromatic rings. The Balaban J connectivity index is 2.35. The molecule has 14 heteroatoms. The second kappa shape index (κ2) is 7.99. The predicted octanol–water partition coefficient (Wildman–Crippen LogP) is 4.12. The highest BCUT2D eigenvalue weighted by molar-refractivity contribution is 7.88. The number of nitrogens with zero attached hydrogens (tertiary/aromatic N) is 2. The Morgan fingerprint density at radius 3 is 2.28 bits per heavy atom. The second-order valence-electron chi connectivity index (χ2n) is 8.13. The number of carbonyl (C=O) groups is 1. The van der Waals surface area contributed by atoms with Gasteiger partial charge in [0, 0.05) is 18.7 Å². The summed E-state index contributed by atoms with van der Waals surface area (Å²) in [6.07, 6.45) is -1.18. The van der Waals surface area contributed by atoms with Gasteiger partial charge < -0.3 is 18.9 Å². The molecule has 1 unspecified atom stereocenters. The normalized spacial score (nSPS) is 16.2. The van der Waals surface area contributed by atoms with Gasteiger partial charge in [-0.15, -0.1) is 0 Å². The van der Waals surface area contributed by atoms with E-state index in [4.69, 9.17) is 4.74 Å². The van der Waals surface area contributed by atoms with Crippen LogP contribution >= 0.6 is 11.3 Å². The van der Waals surface area contributed by atoms with Crippen molar-refractivity contribution in [2.45, 2.75) is 51.3 Å². The number of aromatic nitrogens is 1. The molecule has 32 heavy (non-hydrogen) atoms. The maximum Gasteiger partial charge on any atom is 0.534 e. The fraction of sp³-hybridized carbons (Fsp3) is 0.556. The summed E-state index contributed by atoms with van der Waals surface area (Å²) in [7, 11) is -6.21. The van der Waals surface area contributed by atoms with E-state index < -0.39 is 61.5 Å². The Kier molecular flexibility index (Phi) is 6.10. The van der Waals surface area contributed by atoms with Crippen LogP contribution in [0.15, 0.2) is 0 Å². The number of hydrogen-bond acceptors (Lipinski definition) is 8. The van der Waals surface area contributed by atoms with E-state index >= 15 is 4.39 Å². The molecule has 0 bridgehead atoms. The first-order chi connectivity index (χ1) is 14.5. The van der Waals surface area contributed by atoms with Gasteiger partial charge in [0.2, 0.25) is 0 Å². The van der Waals surface area contributed by atoms with Crippen molar-refractivity contribution in [1.29, 1.82) is 0 Å². The molecule has 1 aromatic heterocycles. The molecule has 3 rings (SSSR count). The molecule has 1 aliphatic rings. The van der Waals surface area contributed by atoms with Crippen LogP contribution in [-0.2, 0) is 19.6 Å². The van der Waals surface area contributed by atoms with E-state index in [9.17, 15) is 31.5 Å². The Morgan fingerprint density at radius 2 is 1.84 bits per heavy atom. The van der Waals surface area contributed by atoms with Crippen molar-refractivity contribution in [1.82, 2.24) is 4.98 Å². The Labute approximate surface area is 184 Å². The number of ether oxygens (including phenoxy) is 1. The van der Waals surface area contributed by atoms with Gasteiger partial charge in [-0.2, -0.15) is 21.6 Å². The van der Waals surface area contributed by atoms with E-state index in [1.807, 2.05) is 0 Å². The van der Waals surface area contributed by atoms with Crippen LogP contribution in [0.2, 0.25) is 0 Å². The summed E-state index contributed by atoms with van der Waals surface area (Å²) in [5, 5.41) is 9.96. The molecular formula is C18H20F4N2O6S2. The highest BCUT2D eigenvalue weighted by Gasteiger charge is 2.50. The van der Waals surface area contributed by atoms with Gasteiger partial charge in [0.1, 0.15) is 10.2 Å². The maximum atomic E-state index is 15.2. The zero-order chi connectivity index (χ0) is 24.2. The molecule has 1 aliphatic heterocycles. The summed E-state index contributed by atoms with van der Waals surface area (Å²) >= 11 is 0.713. The highest BCUT2D eigenvalue weighted by Crippen LogP contribution is 2.47. The summed E-state index contributed by atoms with van der Waals surface area (Å²) in [6, 6.07) is 0. The van der Waals surface area contributed by atoms with E-state index in [-0.39, 0.29) is 9.83 Å². The third-order valence-electron chi connectivity index (χ3n) is 4.57. The van der Waals surface area contributed by atoms with Gasteiger partial charge in [-0.1, -0.05) is 11.3 Å². The van der Waals surface area contributed by atoms with Crippen LogP contribution in [0.3, 0.4) is 0 Å². The van der Waals surface area contributed by atoms with Crippen molar-refractivity contribution < 1.29 is 44.8 Å². The molecular weight excluding hydrogens is 480 g/mol. The third-order valence-corrected chi connectivity index (χ3v) is 6.64. The number of benzene rings is 1. The first-order valence-corrected chi connectivity index (χ1v) is 11.5. The Morgan fingerprint density at radius 1 is 1.25 bits per heavy atom. The maximum absolute atomic E-state index is 15.2. The van der Waals surface area contributed by atoms with Gasteiger partial charge >= 0.3 is 21.6 Å².